The monoisotopic (exact) mass is 461 g/mol. The van der Waals surface area contributed by atoms with E-state index in [1.165, 1.54) is 6.26 Å². The Labute approximate surface area is 193 Å². The van der Waals surface area contributed by atoms with Crippen LogP contribution < -0.4 is 20.7 Å². The van der Waals surface area contributed by atoms with E-state index < -0.39 is 5.91 Å². The molecule has 0 aliphatic carbocycles. The van der Waals surface area contributed by atoms with Gasteiger partial charge in [0, 0.05) is 17.4 Å². The third-order valence-corrected chi connectivity index (χ3v) is 5.33. The van der Waals surface area contributed by atoms with Crippen LogP contribution in [0.25, 0.3) is 0 Å². The molecule has 0 aliphatic heterocycles. The summed E-state index contributed by atoms with van der Waals surface area (Å²) in [5.41, 5.74) is 1.19. The topological polar surface area (TPSA) is 110 Å². The number of benzene rings is 2. The van der Waals surface area contributed by atoms with Crippen LogP contribution in [0.5, 0.6) is 5.75 Å². The summed E-state index contributed by atoms with van der Waals surface area (Å²) in [4.78, 5) is 37.1. The van der Waals surface area contributed by atoms with E-state index in [9.17, 15) is 14.4 Å². The molecule has 3 amide bonds. The number of para-hydroxylation sites is 1. The molecule has 0 radical (unpaired) electrons. The molecule has 0 aliphatic rings. The number of amides is 3. The van der Waals surface area contributed by atoms with E-state index in [4.69, 9.17) is 9.15 Å². The first-order valence-corrected chi connectivity index (χ1v) is 10.7. The first-order valence-electron chi connectivity index (χ1n) is 9.90. The van der Waals surface area contributed by atoms with Gasteiger partial charge in [-0.15, -0.1) is 11.3 Å². The normalized spacial score (nSPS) is 10.3. The fourth-order valence-corrected chi connectivity index (χ4v) is 3.63. The molecule has 33 heavy (non-hydrogen) atoms. The molecule has 4 rings (SSSR count). The number of anilines is 3. The standard InChI is InChI=1S/C24H19N3O5S/c28-21(25-16-6-2-1-3-7-16)15-32-18-9-4-8-17(14-18)26-24(30)20-11-12-22(33-20)27-23(29)19-10-5-13-31-19/h1-14H,15H2,(H,25,28)(H,26,30)(H,27,29). The van der Waals surface area contributed by atoms with Gasteiger partial charge in [0.25, 0.3) is 17.7 Å². The second-order valence-electron chi connectivity index (χ2n) is 6.78. The lowest BCUT2D eigenvalue weighted by molar-refractivity contribution is -0.118. The summed E-state index contributed by atoms with van der Waals surface area (Å²) < 4.78 is 10.6. The Morgan fingerprint density at radius 2 is 1.61 bits per heavy atom. The highest BCUT2D eigenvalue weighted by Gasteiger charge is 2.14. The highest BCUT2D eigenvalue weighted by atomic mass is 32.1. The van der Waals surface area contributed by atoms with Crippen molar-refractivity contribution in [2.75, 3.05) is 22.6 Å². The molecular formula is C24H19N3O5S. The zero-order valence-corrected chi connectivity index (χ0v) is 18.1. The quantitative estimate of drug-likeness (QED) is 0.347. The lowest BCUT2D eigenvalue weighted by Crippen LogP contribution is -2.20. The van der Waals surface area contributed by atoms with Gasteiger partial charge >= 0.3 is 0 Å². The number of carbonyl (C=O) groups is 3. The fraction of sp³-hybridized carbons (Fsp3) is 0.0417. The molecule has 0 bridgehead atoms. The Morgan fingerprint density at radius 3 is 2.39 bits per heavy atom. The predicted octanol–water partition coefficient (Wildman–Crippen LogP) is 4.86. The first-order chi connectivity index (χ1) is 16.1. The number of ether oxygens (including phenoxy) is 1. The minimum absolute atomic E-state index is 0.171. The van der Waals surface area contributed by atoms with Crippen molar-refractivity contribution in [3.05, 3.63) is 95.8 Å². The Bertz CT molecular complexity index is 1250. The van der Waals surface area contributed by atoms with Crippen LogP contribution in [-0.4, -0.2) is 24.3 Å². The molecule has 9 heteroatoms. The van der Waals surface area contributed by atoms with Crippen molar-refractivity contribution in [2.45, 2.75) is 0 Å². The molecule has 0 unspecified atom stereocenters. The number of hydrogen-bond acceptors (Lipinski definition) is 6. The van der Waals surface area contributed by atoms with Gasteiger partial charge in [0.1, 0.15) is 5.75 Å². The summed E-state index contributed by atoms with van der Waals surface area (Å²) in [5.74, 6) is -0.400. The van der Waals surface area contributed by atoms with Gasteiger partial charge in [-0.25, -0.2) is 0 Å². The second-order valence-corrected chi connectivity index (χ2v) is 7.86. The first kappa shape index (κ1) is 21.8. The molecule has 0 saturated heterocycles. The molecule has 166 valence electrons. The Morgan fingerprint density at radius 1 is 0.788 bits per heavy atom. The van der Waals surface area contributed by atoms with Crippen LogP contribution >= 0.6 is 11.3 Å². The molecule has 2 aromatic carbocycles. The average Bonchev–Trinajstić information content (AvgIpc) is 3.51. The minimum Gasteiger partial charge on any atom is -0.484 e. The molecule has 0 atom stereocenters. The summed E-state index contributed by atoms with van der Waals surface area (Å²) >= 11 is 1.14. The smallest absolute Gasteiger partial charge is 0.291 e. The van der Waals surface area contributed by atoms with Crippen molar-refractivity contribution in [1.82, 2.24) is 0 Å². The van der Waals surface area contributed by atoms with E-state index in [-0.39, 0.29) is 24.2 Å². The van der Waals surface area contributed by atoms with Crippen LogP contribution in [0.1, 0.15) is 20.2 Å². The van der Waals surface area contributed by atoms with Gasteiger partial charge in [-0.3, -0.25) is 14.4 Å². The number of hydrogen-bond donors (Lipinski definition) is 3. The van der Waals surface area contributed by atoms with Crippen LogP contribution in [0.3, 0.4) is 0 Å². The molecule has 2 aromatic heterocycles. The van der Waals surface area contributed by atoms with Crippen molar-refractivity contribution < 1.29 is 23.5 Å². The molecular weight excluding hydrogens is 442 g/mol. The number of rotatable bonds is 8. The van der Waals surface area contributed by atoms with Gasteiger partial charge < -0.3 is 25.1 Å². The number of thiophene rings is 1. The van der Waals surface area contributed by atoms with Gasteiger partial charge in [-0.05, 0) is 48.5 Å². The van der Waals surface area contributed by atoms with Crippen LogP contribution in [-0.2, 0) is 4.79 Å². The second kappa shape index (κ2) is 10.3. The number of carbonyl (C=O) groups excluding carboxylic acids is 3. The summed E-state index contributed by atoms with van der Waals surface area (Å²) in [6.45, 7) is -0.171. The van der Waals surface area contributed by atoms with E-state index >= 15 is 0 Å². The molecule has 2 heterocycles. The summed E-state index contributed by atoms with van der Waals surface area (Å²) in [6, 6.07) is 22.3. The molecule has 8 nitrogen and oxygen atoms in total. The van der Waals surface area contributed by atoms with Crippen molar-refractivity contribution in [1.29, 1.82) is 0 Å². The van der Waals surface area contributed by atoms with Crippen molar-refractivity contribution >= 4 is 45.4 Å². The fourth-order valence-electron chi connectivity index (χ4n) is 2.83. The highest BCUT2D eigenvalue weighted by molar-refractivity contribution is 7.18. The van der Waals surface area contributed by atoms with Gasteiger partial charge in [-0.1, -0.05) is 24.3 Å². The maximum Gasteiger partial charge on any atom is 0.291 e. The van der Waals surface area contributed by atoms with Crippen LogP contribution in [0.2, 0.25) is 0 Å². The van der Waals surface area contributed by atoms with Crippen LogP contribution in [0, 0.1) is 0 Å². The van der Waals surface area contributed by atoms with Gasteiger partial charge in [0.2, 0.25) is 0 Å². The summed E-state index contributed by atoms with van der Waals surface area (Å²) in [5, 5.41) is 8.72. The van der Waals surface area contributed by atoms with Crippen LogP contribution in [0.15, 0.2) is 89.5 Å². The van der Waals surface area contributed by atoms with Crippen molar-refractivity contribution in [2.24, 2.45) is 0 Å². The van der Waals surface area contributed by atoms with Crippen molar-refractivity contribution in [3.63, 3.8) is 0 Å². The van der Waals surface area contributed by atoms with Gasteiger partial charge in [0.15, 0.2) is 12.4 Å². The molecule has 0 fully saturated rings. The van der Waals surface area contributed by atoms with E-state index in [0.717, 1.165) is 11.3 Å². The Kier molecular flexibility index (Phi) is 6.81. The predicted molar refractivity (Wildman–Crippen MR) is 126 cm³/mol. The van der Waals surface area contributed by atoms with Gasteiger partial charge in [0.05, 0.1) is 16.1 Å². The zero-order valence-electron chi connectivity index (χ0n) is 17.2. The van der Waals surface area contributed by atoms with Crippen LogP contribution in [0.4, 0.5) is 16.4 Å². The molecule has 0 saturated carbocycles. The molecule has 4 aromatic rings. The highest BCUT2D eigenvalue weighted by Crippen LogP contribution is 2.25. The largest absolute Gasteiger partial charge is 0.484 e. The van der Waals surface area contributed by atoms with Gasteiger partial charge in [-0.2, -0.15) is 0 Å². The Balaban J connectivity index is 1.30. The lowest BCUT2D eigenvalue weighted by atomic mass is 10.3. The lowest BCUT2D eigenvalue weighted by Gasteiger charge is -2.09. The molecule has 3 N–H and O–H groups in total. The summed E-state index contributed by atoms with van der Waals surface area (Å²) in [7, 11) is 0. The van der Waals surface area contributed by atoms with Crippen molar-refractivity contribution in [3.8, 4) is 5.75 Å². The van der Waals surface area contributed by atoms with E-state index in [1.54, 1.807) is 60.7 Å². The number of nitrogens with one attached hydrogen (secondary N) is 3. The van der Waals surface area contributed by atoms with E-state index in [0.29, 0.717) is 27.0 Å². The van der Waals surface area contributed by atoms with E-state index in [2.05, 4.69) is 16.0 Å². The summed E-state index contributed by atoms with van der Waals surface area (Å²) in [6.07, 6.45) is 1.41. The molecule has 0 spiro atoms. The minimum atomic E-state index is -0.394. The number of furan rings is 1. The maximum atomic E-state index is 12.6. The zero-order chi connectivity index (χ0) is 23.0. The third kappa shape index (κ3) is 6.08. The third-order valence-electron chi connectivity index (χ3n) is 4.33. The maximum absolute atomic E-state index is 12.6. The van der Waals surface area contributed by atoms with E-state index in [1.807, 2.05) is 18.2 Å². The average molecular weight is 461 g/mol. The SMILES string of the molecule is O=C(COc1cccc(NC(=O)c2ccc(NC(=O)c3ccco3)s2)c1)Nc1ccccc1. The Hall–Kier alpha value is -4.37.